The molecule has 4 heterocycles. The predicted octanol–water partition coefficient (Wildman–Crippen LogP) is -0.752. The zero-order chi connectivity index (χ0) is 45.5. The fourth-order valence-electron chi connectivity index (χ4n) is 14.1. The van der Waals surface area contributed by atoms with Crippen molar-refractivity contribution in [2.45, 2.75) is 209 Å². The molecule has 0 aromatic rings. The molecule has 4 aliphatic carbocycles. The van der Waals surface area contributed by atoms with E-state index in [1.54, 1.807) is 0 Å². The largest absolute Gasteiger partial charge is 0.394 e. The molecule has 27 atom stereocenters. The molecule has 4 saturated heterocycles. The lowest BCUT2D eigenvalue weighted by Gasteiger charge is -2.61. The van der Waals surface area contributed by atoms with Crippen LogP contribution >= 0.6 is 0 Å². The minimum Gasteiger partial charge on any atom is -0.394 e. The summed E-state index contributed by atoms with van der Waals surface area (Å²) in [6.45, 7) is 9.57. The van der Waals surface area contributed by atoms with Gasteiger partial charge in [-0.2, -0.15) is 0 Å². The Labute approximate surface area is 369 Å². The fraction of sp³-hybridized carbons (Fsp3) is 1.00. The molecule has 0 amide bonds. The van der Waals surface area contributed by atoms with Gasteiger partial charge in [0.25, 0.3) is 0 Å². The molecule has 18 heteroatoms. The molecular formula is C45H76O18. The van der Waals surface area contributed by atoms with Crippen LogP contribution in [0.15, 0.2) is 0 Å². The van der Waals surface area contributed by atoms with Crippen molar-refractivity contribution in [3.8, 4) is 0 Å². The van der Waals surface area contributed by atoms with Crippen molar-refractivity contribution < 1.29 is 89.3 Å². The maximum atomic E-state index is 12.1. The van der Waals surface area contributed by atoms with E-state index >= 15 is 0 Å². The molecule has 0 aromatic carbocycles. The van der Waals surface area contributed by atoms with Crippen LogP contribution in [0, 0.1) is 52.3 Å². The Balaban J connectivity index is 0.868. The van der Waals surface area contributed by atoms with Gasteiger partial charge in [0.05, 0.1) is 38.1 Å². The topological polar surface area (TPSA) is 287 Å². The maximum Gasteiger partial charge on any atom is 0.187 e. The normalized spacial score (nSPS) is 56.3. The summed E-state index contributed by atoms with van der Waals surface area (Å²) < 4.78 is 42.2. The smallest absolute Gasteiger partial charge is 0.187 e. The molecule has 0 radical (unpaired) electrons. The lowest BCUT2D eigenvalue weighted by molar-refractivity contribution is -0.371. The van der Waals surface area contributed by atoms with Gasteiger partial charge < -0.3 is 89.3 Å². The van der Waals surface area contributed by atoms with Crippen LogP contribution < -0.4 is 0 Å². The molecule has 0 aromatic heterocycles. The number of aliphatic hydroxyl groups excluding tert-OH is 10. The van der Waals surface area contributed by atoms with Gasteiger partial charge in [0.2, 0.25) is 0 Å². The van der Waals surface area contributed by atoms with Crippen molar-refractivity contribution in [1.82, 2.24) is 0 Å². The number of aliphatic hydroxyl groups is 11. The average molecular weight is 905 g/mol. The summed E-state index contributed by atoms with van der Waals surface area (Å²) in [6.07, 6.45) is -12.1. The summed E-state index contributed by atoms with van der Waals surface area (Å²) in [5.41, 5.74) is 0.0866. The summed E-state index contributed by atoms with van der Waals surface area (Å²) in [4.78, 5) is 0. The van der Waals surface area contributed by atoms with Crippen molar-refractivity contribution in [2.75, 3.05) is 19.8 Å². The highest BCUT2D eigenvalue weighted by molar-refractivity contribution is 5.15. The second kappa shape index (κ2) is 18.6. The van der Waals surface area contributed by atoms with Crippen LogP contribution in [0.5, 0.6) is 0 Å². The molecule has 0 bridgehead atoms. The van der Waals surface area contributed by atoms with E-state index in [4.69, 9.17) is 33.2 Å². The van der Waals surface area contributed by atoms with Crippen molar-refractivity contribution >= 4 is 0 Å². The first-order valence-electron chi connectivity index (χ1n) is 23.7. The van der Waals surface area contributed by atoms with Crippen molar-refractivity contribution in [1.29, 1.82) is 0 Å². The molecule has 8 aliphatic rings. The highest BCUT2D eigenvalue weighted by atomic mass is 16.8. The van der Waals surface area contributed by atoms with Gasteiger partial charge in [-0.25, -0.2) is 0 Å². The summed E-state index contributed by atoms with van der Waals surface area (Å²) >= 11 is 0. The summed E-state index contributed by atoms with van der Waals surface area (Å²) in [6, 6.07) is 0. The first kappa shape index (κ1) is 48.7. The van der Waals surface area contributed by atoms with Crippen molar-refractivity contribution in [3.63, 3.8) is 0 Å². The molecule has 4 aliphatic heterocycles. The van der Waals surface area contributed by atoms with E-state index in [-0.39, 0.29) is 47.4 Å². The summed E-state index contributed by atoms with van der Waals surface area (Å²) in [5, 5.41) is 115. The standard InChI is InChI=1S/C45H76O18/c1-19(18-57-40-37(54)35(52)32(49)28(16-46)60-40)8-13-45(56)20(2)30-27(63-45)15-26-24-7-6-22-14-23(9-11-43(22,4)25(24)10-12-44(26,30)5)59-42-39(36(53)33(50)29(17-47)61-42)62-41-38(55)34(51)31(48)21(3)58-41/h19-42,46-56H,6-18H2,1-5H3/t19-,20-,21-,22-,23-,24+,25-,26-,27-,28+,29+,30-,31-,32+,33+,34+,35-,36-,37+,38+,39+,40+,41-,42+,43-,44-,45+/m0/s1. The van der Waals surface area contributed by atoms with E-state index in [1.807, 2.05) is 6.92 Å². The lowest BCUT2D eigenvalue weighted by atomic mass is 9.44. The monoisotopic (exact) mass is 905 g/mol. The van der Waals surface area contributed by atoms with Crippen LogP contribution in [0.25, 0.3) is 0 Å². The van der Waals surface area contributed by atoms with Gasteiger partial charge in [-0.1, -0.05) is 27.7 Å². The van der Waals surface area contributed by atoms with Gasteiger partial charge in [-0.05, 0) is 111 Å². The Hall–Kier alpha value is -0.720. The minimum absolute atomic E-state index is 0.0145. The Morgan fingerprint density at radius 3 is 1.98 bits per heavy atom. The van der Waals surface area contributed by atoms with Crippen molar-refractivity contribution in [3.05, 3.63) is 0 Å². The van der Waals surface area contributed by atoms with Crippen LogP contribution in [0.2, 0.25) is 0 Å². The molecule has 63 heavy (non-hydrogen) atoms. The molecule has 0 unspecified atom stereocenters. The van der Waals surface area contributed by atoms with E-state index in [0.29, 0.717) is 36.5 Å². The predicted molar refractivity (Wildman–Crippen MR) is 218 cm³/mol. The number of hydrogen-bond acceptors (Lipinski definition) is 18. The third-order valence-corrected chi connectivity index (χ3v) is 17.9. The maximum absolute atomic E-state index is 12.1. The Morgan fingerprint density at radius 2 is 1.29 bits per heavy atom. The SMILES string of the molecule is C[C@@H](CC[C@@]1(O)O[C@H]2C[C@H]3[C@@H]4CC[C@H]5C[C@@H](O[C@@H]6O[C@H](CO)[C@@H](O)[C@H](O)[C@H]6O[C@@H]6O[C@@H](C)[C@H](O)[C@@H](O)[C@H]6O)CC[C@]5(C)[C@H]4CC[C@]3(C)[C@H]2[C@@H]1C)CO[C@@H]1O[C@H](CO)[C@@H](O)[C@H](O)[C@H]1O. The number of ether oxygens (including phenoxy) is 7. The van der Waals surface area contributed by atoms with Crippen LogP contribution in [0.1, 0.15) is 98.8 Å². The minimum atomic E-state index is -1.64. The van der Waals surface area contributed by atoms with Gasteiger partial charge in [0.1, 0.15) is 67.1 Å². The first-order valence-corrected chi connectivity index (χ1v) is 23.7. The zero-order valence-corrected chi connectivity index (χ0v) is 37.3. The first-order chi connectivity index (χ1) is 29.8. The quantitative estimate of drug-likeness (QED) is 0.107. The summed E-state index contributed by atoms with van der Waals surface area (Å²) in [7, 11) is 0. The highest BCUT2D eigenvalue weighted by Crippen LogP contribution is 2.71. The Morgan fingerprint density at radius 1 is 0.651 bits per heavy atom. The lowest BCUT2D eigenvalue weighted by Crippen LogP contribution is -2.64. The van der Waals surface area contributed by atoms with Gasteiger partial charge in [0, 0.05) is 12.3 Å². The highest BCUT2D eigenvalue weighted by Gasteiger charge is 2.68. The molecule has 4 saturated carbocycles. The number of fused-ring (bicyclic) bond motifs is 7. The van der Waals surface area contributed by atoms with Gasteiger partial charge in [-0.15, -0.1) is 0 Å². The van der Waals surface area contributed by atoms with Gasteiger partial charge >= 0.3 is 0 Å². The fourth-order valence-corrected chi connectivity index (χ4v) is 14.1. The third kappa shape index (κ3) is 8.60. The molecule has 8 fully saturated rings. The molecule has 364 valence electrons. The van der Waals surface area contributed by atoms with Gasteiger partial charge in [0.15, 0.2) is 24.7 Å². The second-order valence-corrected chi connectivity index (χ2v) is 21.4. The van der Waals surface area contributed by atoms with E-state index in [1.165, 1.54) is 6.92 Å². The molecule has 18 nitrogen and oxygen atoms in total. The Bertz CT molecular complexity index is 1540. The number of hydrogen-bond donors (Lipinski definition) is 11. The van der Waals surface area contributed by atoms with Gasteiger partial charge in [-0.3, -0.25) is 0 Å². The number of rotatable bonds is 12. The van der Waals surface area contributed by atoms with E-state index in [2.05, 4.69) is 20.8 Å². The van der Waals surface area contributed by atoms with Crippen LogP contribution in [-0.2, 0) is 33.2 Å². The Kier molecular flexibility index (Phi) is 14.4. The average Bonchev–Trinajstić information content (AvgIpc) is 3.70. The summed E-state index contributed by atoms with van der Waals surface area (Å²) in [5.74, 6) is 0.658. The molecule has 0 spiro atoms. The van der Waals surface area contributed by atoms with Crippen LogP contribution in [0.3, 0.4) is 0 Å². The molecule has 8 rings (SSSR count). The van der Waals surface area contributed by atoms with E-state index in [0.717, 1.165) is 51.4 Å². The van der Waals surface area contributed by atoms with Crippen LogP contribution in [0.4, 0.5) is 0 Å². The second-order valence-electron chi connectivity index (χ2n) is 21.4. The molecular weight excluding hydrogens is 828 g/mol. The third-order valence-electron chi connectivity index (χ3n) is 17.9. The van der Waals surface area contributed by atoms with E-state index < -0.39 is 111 Å². The van der Waals surface area contributed by atoms with Crippen molar-refractivity contribution in [2.24, 2.45) is 52.3 Å². The molecule has 11 N–H and O–H groups in total. The van der Waals surface area contributed by atoms with Crippen LogP contribution in [-0.4, -0.2) is 186 Å². The zero-order valence-electron chi connectivity index (χ0n) is 37.3. The van der Waals surface area contributed by atoms with E-state index in [9.17, 15) is 56.2 Å².